The number of carboxylic acid groups (broad SMARTS) is 1. The minimum absolute atomic E-state index is 0.00321. The Kier molecular flexibility index (Phi) is 3.31. The van der Waals surface area contributed by atoms with Gasteiger partial charge in [-0.1, -0.05) is 12.7 Å². The molecule has 0 aliphatic heterocycles. The average Bonchev–Trinajstić information content (AvgIpc) is 3.08. The Morgan fingerprint density at radius 2 is 2.39 bits per heavy atom. The van der Waals surface area contributed by atoms with Gasteiger partial charge in [0.05, 0.1) is 6.33 Å². The highest BCUT2D eigenvalue weighted by atomic mass is 16.5. The van der Waals surface area contributed by atoms with Crippen LogP contribution in [0.15, 0.2) is 19.0 Å². The average molecular weight is 251 g/mol. The molecular weight excluding hydrogens is 238 g/mol. The Labute approximate surface area is 103 Å². The number of aromatic carboxylic acids is 1. The van der Waals surface area contributed by atoms with Gasteiger partial charge < -0.3 is 14.4 Å². The summed E-state index contributed by atoms with van der Waals surface area (Å²) in [7, 11) is 0. The second-order valence-corrected chi connectivity index (χ2v) is 3.90. The van der Waals surface area contributed by atoms with E-state index in [1.807, 2.05) is 0 Å². The maximum Gasteiger partial charge on any atom is 0.413 e. The summed E-state index contributed by atoms with van der Waals surface area (Å²) in [6.45, 7) is 3.46. The van der Waals surface area contributed by atoms with Crippen LogP contribution in [0.3, 0.4) is 0 Å². The standard InChI is InChI=1S/C11H13N3O4/c1-2-5-18-11(17)13-9-8(10(15)16)14(6-12-9)7-3-4-7/h2,6-7H,1,3-5H2,(H,13,17)(H,15,16). The van der Waals surface area contributed by atoms with Crippen LogP contribution in [0.5, 0.6) is 0 Å². The quantitative estimate of drug-likeness (QED) is 0.776. The minimum atomic E-state index is -1.13. The summed E-state index contributed by atoms with van der Waals surface area (Å²) < 4.78 is 6.27. The summed E-state index contributed by atoms with van der Waals surface area (Å²) in [5, 5.41) is 11.4. The largest absolute Gasteiger partial charge is 0.476 e. The van der Waals surface area contributed by atoms with Crippen LogP contribution in [0.4, 0.5) is 10.6 Å². The summed E-state index contributed by atoms with van der Waals surface area (Å²) in [6.07, 6.45) is 3.94. The normalized spacial score (nSPS) is 14.0. The molecule has 0 bridgehead atoms. The first-order valence-corrected chi connectivity index (χ1v) is 5.48. The number of imidazole rings is 1. The fourth-order valence-corrected chi connectivity index (χ4v) is 1.56. The van der Waals surface area contributed by atoms with E-state index in [0.29, 0.717) is 0 Å². The zero-order valence-electron chi connectivity index (χ0n) is 9.63. The van der Waals surface area contributed by atoms with Gasteiger partial charge in [-0.15, -0.1) is 0 Å². The van der Waals surface area contributed by atoms with Gasteiger partial charge in [-0.2, -0.15) is 0 Å². The number of rotatable bonds is 5. The van der Waals surface area contributed by atoms with Gasteiger partial charge in [-0.25, -0.2) is 14.6 Å². The number of carbonyl (C=O) groups is 2. The number of hydrogen-bond donors (Lipinski definition) is 2. The molecule has 1 heterocycles. The Bertz CT molecular complexity index is 490. The van der Waals surface area contributed by atoms with Crippen LogP contribution in [0.2, 0.25) is 0 Å². The van der Waals surface area contributed by atoms with Crippen molar-refractivity contribution < 1.29 is 19.4 Å². The molecule has 7 heteroatoms. The molecule has 1 aliphatic rings. The number of carboxylic acids is 1. The molecule has 1 aromatic rings. The van der Waals surface area contributed by atoms with E-state index in [2.05, 4.69) is 16.9 Å². The van der Waals surface area contributed by atoms with Crippen molar-refractivity contribution >= 4 is 17.9 Å². The highest BCUT2D eigenvalue weighted by Crippen LogP contribution is 2.37. The molecule has 0 aromatic carbocycles. The first-order chi connectivity index (χ1) is 8.63. The van der Waals surface area contributed by atoms with Crippen molar-refractivity contribution in [1.29, 1.82) is 0 Å². The number of hydrogen-bond acceptors (Lipinski definition) is 4. The Balaban J connectivity index is 2.14. The Morgan fingerprint density at radius 3 is 2.94 bits per heavy atom. The van der Waals surface area contributed by atoms with Gasteiger partial charge in [-0.3, -0.25) is 5.32 Å². The predicted octanol–water partition coefficient (Wildman–Crippen LogP) is 1.65. The monoisotopic (exact) mass is 251 g/mol. The molecule has 1 amide bonds. The lowest BCUT2D eigenvalue weighted by molar-refractivity contribution is 0.0686. The van der Waals surface area contributed by atoms with E-state index in [9.17, 15) is 9.59 Å². The lowest BCUT2D eigenvalue weighted by atomic mass is 10.4. The van der Waals surface area contributed by atoms with Crippen LogP contribution in [0.1, 0.15) is 29.4 Å². The van der Waals surface area contributed by atoms with E-state index in [1.54, 1.807) is 4.57 Å². The van der Waals surface area contributed by atoms with E-state index in [1.165, 1.54) is 12.4 Å². The summed E-state index contributed by atoms with van der Waals surface area (Å²) in [5.41, 5.74) is -0.0203. The molecule has 0 radical (unpaired) electrons. The molecule has 0 spiro atoms. The van der Waals surface area contributed by atoms with Crippen molar-refractivity contribution in [2.24, 2.45) is 0 Å². The predicted molar refractivity (Wildman–Crippen MR) is 62.6 cm³/mol. The van der Waals surface area contributed by atoms with Crippen LogP contribution < -0.4 is 5.32 Å². The lowest BCUT2D eigenvalue weighted by Crippen LogP contribution is -2.17. The van der Waals surface area contributed by atoms with E-state index >= 15 is 0 Å². The topological polar surface area (TPSA) is 93.5 Å². The van der Waals surface area contributed by atoms with Gasteiger partial charge in [0, 0.05) is 6.04 Å². The van der Waals surface area contributed by atoms with Crippen molar-refractivity contribution in [1.82, 2.24) is 9.55 Å². The fraction of sp³-hybridized carbons (Fsp3) is 0.364. The van der Waals surface area contributed by atoms with E-state index < -0.39 is 12.1 Å². The highest BCUT2D eigenvalue weighted by molar-refractivity contribution is 5.96. The van der Waals surface area contributed by atoms with Crippen molar-refractivity contribution in [3.63, 3.8) is 0 Å². The van der Waals surface area contributed by atoms with Crippen LogP contribution in [-0.2, 0) is 4.74 Å². The number of anilines is 1. The molecule has 2 N–H and O–H groups in total. The van der Waals surface area contributed by atoms with Gasteiger partial charge in [-0.05, 0) is 12.8 Å². The Hall–Kier alpha value is -2.31. The van der Waals surface area contributed by atoms with E-state index in [0.717, 1.165) is 12.8 Å². The molecule has 2 rings (SSSR count). The Morgan fingerprint density at radius 1 is 1.67 bits per heavy atom. The van der Waals surface area contributed by atoms with Gasteiger partial charge in [0.1, 0.15) is 6.61 Å². The third-order valence-electron chi connectivity index (χ3n) is 2.49. The minimum Gasteiger partial charge on any atom is -0.476 e. The van der Waals surface area contributed by atoms with Crippen LogP contribution >= 0.6 is 0 Å². The fourth-order valence-electron chi connectivity index (χ4n) is 1.56. The molecule has 0 saturated heterocycles. The highest BCUT2D eigenvalue weighted by Gasteiger charge is 2.30. The summed E-state index contributed by atoms with van der Waals surface area (Å²) in [6, 6.07) is 0.170. The van der Waals surface area contributed by atoms with Crippen LogP contribution in [0, 0.1) is 0 Å². The number of amides is 1. The van der Waals surface area contributed by atoms with Gasteiger partial charge in [0.15, 0.2) is 11.5 Å². The second kappa shape index (κ2) is 4.91. The molecule has 0 unspecified atom stereocenters. The van der Waals surface area contributed by atoms with Crippen molar-refractivity contribution in [2.45, 2.75) is 18.9 Å². The number of nitrogens with one attached hydrogen (secondary N) is 1. The van der Waals surface area contributed by atoms with Crippen molar-refractivity contribution in [3.8, 4) is 0 Å². The maximum absolute atomic E-state index is 11.3. The van der Waals surface area contributed by atoms with E-state index in [4.69, 9.17) is 9.84 Å². The molecule has 7 nitrogen and oxygen atoms in total. The third kappa shape index (κ3) is 2.50. The number of aromatic nitrogens is 2. The van der Waals surface area contributed by atoms with E-state index in [-0.39, 0.29) is 24.2 Å². The first-order valence-electron chi connectivity index (χ1n) is 5.48. The number of nitrogens with zero attached hydrogens (tertiary/aromatic N) is 2. The smallest absolute Gasteiger partial charge is 0.413 e. The number of ether oxygens (including phenoxy) is 1. The summed E-state index contributed by atoms with van der Waals surface area (Å²) in [5.74, 6) is -1.12. The SMILES string of the molecule is C=CCOC(=O)Nc1ncn(C2CC2)c1C(=O)O. The zero-order chi connectivity index (χ0) is 13.1. The molecule has 1 aromatic heterocycles. The third-order valence-corrected chi connectivity index (χ3v) is 2.49. The van der Waals surface area contributed by atoms with Crippen molar-refractivity contribution in [3.05, 3.63) is 24.7 Å². The lowest BCUT2D eigenvalue weighted by Gasteiger charge is -2.05. The second-order valence-electron chi connectivity index (χ2n) is 3.90. The molecular formula is C11H13N3O4. The molecule has 18 heavy (non-hydrogen) atoms. The molecule has 1 aliphatic carbocycles. The zero-order valence-corrected chi connectivity index (χ0v) is 9.63. The summed E-state index contributed by atoms with van der Waals surface area (Å²) >= 11 is 0. The maximum atomic E-state index is 11.3. The molecule has 1 saturated carbocycles. The summed E-state index contributed by atoms with van der Waals surface area (Å²) in [4.78, 5) is 26.4. The van der Waals surface area contributed by atoms with Crippen LogP contribution in [0.25, 0.3) is 0 Å². The molecule has 1 fully saturated rings. The first kappa shape index (κ1) is 12.2. The van der Waals surface area contributed by atoms with Gasteiger partial charge in [0.2, 0.25) is 0 Å². The van der Waals surface area contributed by atoms with Gasteiger partial charge in [0.25, 0.3) is 0 Å². The van der Waals surface area contributed by atoms with Gasteiger partial charge >= 0.3 is 12.1 Å². The van der Waals surface area contributed by atoms with Crippen molar-refractivity contribution in [2.75, 3.05) is 11.9 Å². The number of carbonyl (C=O) groups excluding carboxylic acids is 1. The molecule has 0 atom stereocenters. The molecule has 96 valence electrons. The van der Waals surface area contributed by atoms with Crippen LogP contribution in [-0.4, -0.2) is 33.3 Å².